The van der Waals surface area contributed by atoms with Crippen LogP contribution in [0.4, 0.5) is 0 Å². The molecule has 2 aromatic carbocycles. The zero-order valence-electron chi connectivity index (χ0n) is 20.9. The van der Waals surface area contributed by atoms with Gasteiger partial charge in [0.1, 0.15) is 23.4 Å². The first-order chi connectivity index (χ1) is 16.9. The fourth-order valence-electron chi connectivity index (χ4n) is 4.88. The number of nitrogens with zero attached hydrogens (tertiary/aromatic N) is 2. The number of likely N-dealkylation sites (N-methyl/N-ethyl adjacent to an activating group) is 1. The van der Waals surface area contributed by atoms with Gasteiger partial charge in [-0.05, 0) is 68.4 Å². The highest BCUT2D eigenvalue weighted by molar-refractivity contribution is 6.46. The molecule has 2 aliphatic rings. The molecule has 2 atom stereocenters. The Labute approximate surface area is 206 Å². The minimum Gasteiger partial charge on any atom is -0.507 e. The second-order valence-electron chi connectivity index (χ2n) is 8.98. The number of rotatable bonds is 9. The molecule has 2 aromatic rings. The van der Waals surface area contributed by atoms with E-state index in [2.05, 4.69) is 18.7 Å². The molecule has 0 bridgehead atoms. The van der Waals surface area contributed by atoms with Crippen LogP contribution in [-0.2, 0) is 16.0 Å². The van der Waals surface area contributed by atoms with Gasteiger partial charge in [0.25, 0.3) is 11.7 Å². The van der Waals surface area contributed by atoms with E-state index in [-0.39, 0.29) is 17.4 Å². The Kier molecular flexibility index (Phi) is 7.45. The van der Waals surface area contributed by atoms with E-state index in [0.717, 1.165) is 36.4 Å². The molecule has 0 aliphatic carbocycles. The largest absolute Gasteiger partial charge is 0.507 e. The highest BCUT2D eigenvalue weighted by Gasteiger charge is 2.46. The second-order valence-corrected chi connectivity index (χ2v) is 8.98. The maximum atomic E-state index is 13.3. The van der Waals surface area contributed by atoms with E-state index in [0.29, 0.717) is 31.0 Å². The van der Waals surface area contributed by atoms with Crippen LogP contribution in [0, 0.1) is 0 Å². The Balaban J connectivity index is 1.76. The van der Waals surface area contributed by atoms with Crippen molar-refractivity contribution in [2.45, 2.75) is 46.3 Å². The summed E-state index contributed by atoms with van der Waals surface area (Å²) in [7, 11) is 0. The average molecular weight is 479 g/mol. The molecule has 1 amide bonds. The van der Waals surface area contributed by atoms with Crippen molar-refractivity contribution in [2.24, 2.45) is 0 Å². The maximum Gasteiger partial charge on any atom is 0.295 e. The fraction of sp³-hybridized carbons (Fsp3) is 0.429. The molecule has 2 aliphatic heterocycles. The van der Waals surface area contributed by atoms with Crippen molar-refractivity contribution < 1.29 is 24.2 Å². The number of Topliss-reactive ketones (excluding diaryl/α,β-unsaturated/α-hetero) is 1. The highest BCUT2D eigenvalue weighted by Crippen LogP contribution is 2.40. The van der Waals surface area contributed by atoms with E-state index < -0.39 is 17.7 Å². The van der Waals surface area contributed by atoms with Crippen LogP contribution in [-0.4, -0.2) is 65.5 Å². The number of hydrogen-bond acceptors (Lipinski definition) is 6. The highest BCUT2D eigenvalue weighted by atomic mass is 16.5. The van der Waals surface area contributed by atoms with Gasteiger partial charge in [0.2, 0.25) is 0 Å². The molecule has 0 radical (unpaired) electrons. The SMILES string of the molecule is CCOc1ccc([C@H]2C(=C(O)c3ccc4c(c3)C[C@H](C)O4)C(=O)C(=O)N2CCN(CC)CC)cc1. The standard InChI is InChI=1S/C28H34N2O5/c1-5-29(6-2)14-15-30-25(19-8-11-22(12-9-19)34-7-3)24(27(32)28(30)33)26(31)20-10-13-23-21(17-20)16-18(4)35-23/h8-13,17-18,25,31H,5-7,14-16H2,1-4H3/t18-,25-/m0/s1. The van der Waals surface area contributed by atoms with Crippen molar-refractivity contribution in [1.29, 1.82) is 0 Å². The van der Waals surface area contributed by atoms with Gasteiger partial charge < -0.3 is 24.4 Å². The number of carbonyl (C=O) groups is 2. The van der Waals surface area contributed by atoms with Gasteiger partial charge in [0.15, 0.2) is 0 Å². The summed E-state index contributed by atoms with van der Waals surface area (Å²) < 4.78 is 11.3. The van der Waals surface area contributed by atoms with Crippen molar-refractivity contribution in [3.63, 3.8) is 0 Å². The number of aliphatic hydroxyl groups excluding tert-OH is 1. The van der Waals surface area contributed by atoms with Crippen LogP contribution >= 0.6 is 0 Å². The summed E-state index contributed by atoms with van der Waals surface area (Å²) in [5.74, 6) is 0.0950. The van der Waals surface area contributed by atoms with E-state index in [9.17, 15) is 14.7 Å². The number of amides is 1. The van der Waals surface area contributed by atoms with Crippen LogP contribution in [0.15, 0.2) is 48.0 Å². The molecule has 0 spiro atoms. The molecular weight excluding hydrogens is 444 g/mol. The molecule has 7 nitrogen and oxygen atoms in total. The van der Waals surface area contributed by atoms with Gasteiger partial charge >= 0.3 is 0 Å². The third-order valence-electron chi connectivity index (χ3n) is 6.77. The van der Waals surface area contributed by atoms with Crippen molar-refractivity contribution in [3.05, 3.63) is 64.7 Å². The maximum absolute atomic E-state index is 13.3. The first-order valence-corrected chi connectivity index (χ1v) is 12.4. The Hall–Kier alpha value is -3.32. The van der Waals surface area contributed by atoms with Gasteiger partial charge in [0.05, 0.1) is 18.2 Å². The predicted molar refractivity (Wildman–Crippen MR) is 135 cm³/mol. The van der Waals surface area contributed by atoms with Crippen LogP contribution in [0.1, 0.15) is 50.4 Å². The van der Waals surface area contributed by atoms with Crippen LogP contribution in [0.5, 0.6) is 11.5 Å². The topological polar surface area (TPSA) is 79.3 Å². The lowest BCUT2D eigenvalue weighted by atomic mass is 9.94. The molecule has 186 valence electrons. The van der Waals surface area contributed by atoms with Gasteiger partial charge in [-0.3, -0.25) is 9.59 Å². The van der Waals surface area contributed by atoms with Gasteiger partial charge in [-0.25, -0.2) is 0 Å². The Morgan fingerprint density at radius 2 is 1.83 bits per heavy atom. The van der Waals surface area contributed by atoms with Gasteiger partial charge in [0, 0.05) is 25.1 Å². The van der Waals surface area contributed by atoms with Crippen LogP contribution in [0.3, 0.4) is 0 Å². The Bertz CT molecular complexity index is 1120. The van der Waals surface area contributed by atoms with Crippen molar-refractivity contribution in [3.8, 4) is 11.5 Å². The van der Waals surface area contributed by atoms with E-state index in [1.165, 1.54) is 0 Å². The molecule has 4 rings (SSSR count). The minimum atomic E-state index is -0.676. The number of fused-ring (bicyclic) bond motifs is 1. The lowest BCUT2D eigenvalue weighted by Gasteiger charge is -2.28. The van der Waals surface area contributed by atoms with E-state index in [1.807, 2.05) is 50.2 Å². The number of ether oxygens (including phenoxy) is 2. The molecule has 0 aromatic heterocycles. The molecule has 1 N–H and O–H groups in total. The molecule has 0 unspecified atom stereocenters. The Morgan fingerprint density at radius 1 is 1.11 bits per heavy atom. The lowest BCUT2D eigenvalue weighted by molar-refractivity contribution is -0.140. The third kappa shape index (κ3) is 4.91. The third-order valence-corrected chi connectivity index (χ3v) is 6.77. The number of likely N-dealkylation sites (tertiary alicyclic amines) is 1. The second kappa shape index (κ2) is 10.5. The monoisotopic (exact) mass is 478 g/mol. The molecular formula is C28H34N2O5. The van der Waals surface area contributed by atoms with Crippen LogP contribution in [0.25, 0.3) is 5.76 Å². The summed E-state index contributed by atoms with van der Waals surface area (Å²) in [6.45, 7) is 11.3. The van der Waals surface area contributed by atoms with Gasteiger partial charge in [-0.15, -0.1) is 0 Å². The number of hydrogen-bond donors (Lipinski definition) is 1. The average Bonchev–Trinajstić information content (AvgIpc) is 3.35. The van der Waals surface area contributed by atoms with Crippen molar-refractivity contribution in [1.82, 2.24) is 9.80 Å². The van der Waals surface area contributed by atoms with Crippen molar-refractivity contribution >= 4 is 17.4 Å². The number of ketones is 1. The first-order valence-electron chi connectivity index (χ1n) is 12.4. The van der Waals surface area contributed by atoms with Crippen LogP contribution < -0.4 is 9.47 Å². The van der Waals surface area contributed by atoms with Crippen LogP contribution in [0.2, 0.25) is 0 Å². The smallest absolute Gasteiger partial charge is 0.295 e. The van der Waals surface area contributed by atoms with E-state index in [4.69, 9.17) is 9.47 Å². The minimum absolute atomic E-state index is 0.0666. The zero-order valence-corrected chi connectivity index (χ0v) is 20.9. The van der Waals surface area contributed by atoms with Crippen molar-refractivity contribution in [2.75, 3.05) is 32.8 Å². The quantitative estimate of drug-likeness (QED) is 0.331. The van der Waals surface area contributed by atoms with Gasteiger partial charge in [-0.1, -0.05) is 26.0 Å². The zero-order chi connectivity index (χ0) is 25.1. The molecule has 7 heteroatoms. The summed E-state index contributed by atoms with van der Waals surface area (Å²) >= 11 is 0. The molecule has 1 fully saturated rings. The fourth-order valence-corrected chi connectivity index (χ4v) is 4.88. The summed E-state index contributed by atoms with van der Waals surface area (Å²) in [6, 6.07) is 12.1. The lowest BCUT2D eigenvalue weighted by Crippen LogP contribution is -2.38. The number of aliphatic hydroxyl groups is 1. The predicted octanol–water partition coefficient (Wildman–Crippen LogP) is 4.17. The van der Waals surface area contributed by atoms with E-state index >= 15 is 0 Å². The summed E-state index contributed by atoms with van der Waals surface area (Å²) in [5, 5.41) is 11.4. The Morgan fingerprint density at radius 3 is 2.49 bits per heavy atom. The summed E-state index contributed by atoms with van der Waals surface area (Å²) in [4.78, 5) is 30.3. The molecule has 35 heavy (non-hydrogen) atoms. The van der Waals surface area contributed by atoms with Gasteiger partial charge in [-0.2, -0.15) is 0 Å². The molecule has 0 saturated carbocycles. The first kappa shape index (κ1) is 24.8. The number of carbonyl (C=O) groups excluding carboxylic acids is 2. The summed E-state index contributed by atoms with van der Waals surface area (Å²) in [5.41, 5.74) is 2.37. The molecule has 2 heterocycles. The van der Waals surface area contributed by atoms with E-state index in [1.54, 1.807) is 11.0 Å². The summed E-state index contributed by atoms with van der Waals surface area (Å²) in [6.07, 6.45) is 0.800. The normalized spacial score (nSPS) is 20.9. The molecule has 1 saturated heterocycles. The number of benzene rings is 2.